The number of aliphatic hydroxyl groups excluding tert-OH is 1. The van der Waals surface area contributed by atoms with Crippen LogP contribution < -0.4 is 5.32 Å². The molecule has 2 rings (SSSR count). The summed E-state index contributed by atoms with van der Waals surface area (Å²) < 4.78 is 1.85. The van der Waals surface area contributed by atoms with Gasteiger partial charge in [-0.1, -0.05) is 25.4 Å². The standard InChI is InChI=1S/C15H20ClN3O2S/c1-15(2,10-20)6-3-7-17-12(21)5-4-11-13(16)18-14-19(11)8-9-22-14/h4-5,8-9,20H,3,6-7,10H2,1-2H3,(H,17,21)/b5-4+. The monoisotopic (exact) mass is 341 g/mol. The van der Waals surface area contributed by atoms with Crippen molar-refractivity contribution in [3.05, 3.63) is 28.5 Å². The maximum Gasteiger partial charge on any atom is 0.244 e. The molecule has 0 aliphatic heterocycles. The Hall–Kier alpha value is -1.37. The van der Waals surface area contributed by atoms with Gasteiger partial charge in [0.05, 0.1) is 5.69 Å². The molecule has 0 saturated carbocycles. The van der Waals surface area contributed by atoms with Crippen LogP contribution in [0, 0.1) is 5.41 Å². The number of nitrogens with one attached hydrogen (secondary N) is 1. The van der Waals surface area contributed by atoms with Crippen molar-refractivity contribution in [3.63, 3.8) is 0 Å². The van der Waals surface area contributed by atoms with Gasteiger partial charge in [0.25, 0.3) is 0 Å². The fraction of sp³-hybridized carbons (Fsp3) is 0.467. The number of rotatable bonds is 7. The number of hydrogen-bond donors (Lipinski definition) is 2. The van der Waals surface area contributed by atoms with Gasteiger partial charge in [0, 0.05) is 30.8 Å². The predicted molar refractivity (Wildman–Crippen MR) is 90.2 cm³/mol. The van der Waals surface area contributed by atoms with E-state index in [0.29, 0.717) is 17.4 Å². The van der Waals surface area contributed by atoms with Crippen molar-refractivity contribution in [2.45, 2.75) is 26.7 Å². The maximum absolute atomic E-state index is 11.8. The molecule has 7 heteroatoms. The van der Waals surface area contributed by atoms with Crippen LogP contribution in [0.2, 0.25) is 5.15 Å². The van der Waals surface area contributed by atoms with Crippen molar-refractivity contribution in [1.29, 1.82) is 0 Å². The summed E-state index contributed by atoms with van der Waals surface area (Å²) >= 11 is 7.54. The Morgan fingerprint density at radius 2 is 2.36 bits per heavy atom. The highest BCUT2D eigenvalue weighted by Crippen LogP contribution is 2.22. The van der Waals surface area contributed by atoms with Crippen LogP contribution in [0.3, 0.4) is 0 Å². The van der Waals surface area contributed by atoms with Gasteiger partial charge in [0.1, 0.15) is 0 Å². The minimum absolute atomic E-state index is 0.101. The summed E-state index contributed by atoms with van der Waals surface area (Å²) in [6.45, 7) is 4.74. The first-order chi connectivity index (χ1) is 10.4. The Morgan fingerprint density at radius 1 is 1.59 bits per heavy atom. The quantitative estimate of drug-likeness (QED) is 0.601. The van der Waals surface area contributed by atoms with E-state index in [2.05, 4.69) is 10.3 Å². The van der Waals surface area contributed by atoms with Crippen molar-refractivity contribution in [2.24, 2.45) is 5.41 Å². The lowest BCUT2D eigenvalue weighted by Crippen LogP contribution is -2.24. The molecule has 2 aromatic heterocycles. The third-order valence-electron chi connectivity index (χ3n) is 3.40. The number of nitrogens with zero attached hydrogens (tertiary/aromatic N) is 2. The van der Waals surface area contributed by atoms with Gasteiger partial charge in [-0.05, 0) is 24.3 Å². The third kappa shape index (κ3) is 4.32. The summed E-state index contributed by atoms with van der Waals surface area (Å²) in [4.78, 5) is 16.8. The molecule has 0 aromatic carbocycles. The SMILES string of the molecule is CC(C)(CO)CCCNC(=O)/C=C/c1c(Cl)nc2sccn12. The molecule has 0 aliphatic rings. The van der Waals surface area contributed by atoms with Gasteiger partial charge < -0.3 is 10.4 Å². The van der Waals surface area contributed by atoms with Gasteiger partial charge in [-0.25, -0.2) is 4.98 Å². The fourth-order valence-corrected chi connectivity index (χ4v) is 3.00. The highest BCUT2D eigenvalue weighted by molar-refractivity contribution is 7.15. The zero-order valence-electron chi connectivity index (χ0n) is 12.7. The van der Waals surface area contributed by atoms with E-state index in [4.69, 9.17) is 16.7 Å². The number of halogens is 1. The van der Waals surface area contributed by atoms with Crippen molar-refractivity contribution >= 4 is 39.9 Å². The Morgan fingerprint density at radius 3 is 3.09 bits per heavy atom. The van der Waals surface area contributed by atoms with E-state index in [-0.39, 0.29) is 17.9 Å². The lowest BCUT2D eigenvalue weighted by Gasteiger charge is -2.20. The summed E-state index contributed by atoms with van der Waals surface area (Å²) in [5.41, 5.74) is 0.602. The Kier molecular flexibility index (Phi) is 5.61. The number of thiazole rings is 1. The van der Waals surface area contributed by atoms with Crippen LogP contribution in [0.4, 0.5) is 0 Å². The second-order valence-corrected chi connectivity index (χ2v) is 7.12. The number of hydrogen-bond acceptors (Lipinski definition) is 4. The Balaban J connectivity index is 1.84. The van der Waals surface area contributed by atoms with Crippen LogP contribution >= 0.6 is 22.9 Å². The molecule has 5 nitrogen and oxygen atoms in total. The predicted octanol–water partition coefficient (Wildman–Crippen LogP) is 2.98. The molecule has 2 heterocycles. The fourth-order valence-electron chi connectivity index (χ4n) is 2.00. The molecule has 0 radical (unpaired) electrons. The molecule has 0 saturated heterocycles. The van der Waals surface area contributed by atoms with E-state index in [1.807, 2.05) is 29.8 Å². The molecule has 0 atom stereocenters. The summed E-state index contributed by atoms with van der Waals surface area (Å²) in [7, 11) is 0. The highest BCUT2D eigenvalue weighted by Gasteiger charge is 2.15. The Bertz CT molecular complexity index is 675. The van der Waals surface area contributed by atoms with E-state index >= 15 is 0 Å². The van der Waals surface area contributed by atoms with E-state index < -0.39 is 0 Å². The van der Waals surface area contributed by atoms with Crippen LogP contribution in [0.15, 0.2) is 17.7 Å². The first-order valence-corrected chi connectivity index (χ1v) is 8.36. The molecule has 1 amide bonds. The van der Waals surface area contributed by atoms with E-state index in [1.54, 1.807) is 6.08 Å². The van der Waals surface area contributed by atoms with Crippen molar-refractivity contribution in [1.82, 2.24) is 14.7 Å². The lowest BCUT2D eigenvalue weighted by molar-refractivity contribution is -0.116. The van der Waals surface area contributed by atoms with Gasteiger partial charge >= 0.3 is 0 Å². The average molecular weight is 342 g/mol. The molecule has 0 fully saturated rings. The van der Waals surface area contributed by atoms with E-state index in [1.165, 1.54) is 17.4 Å². The maximum atomic E-state index is 11.8. The topological polar surface area (TPSA) is 66.6 Å². The van der Waals surface area contributed by atoms with Crippen LogP contribution in [0.1, 0.15) is 32.4 Å². The number of amides is 1. The second-order valence-electron chi connectivity index (χ2n) is 5.89. The summed E-state index contributed by atoms with van der Waals surface area (Å²) in [5.74, 6) is -0.164. The number of aromatic nitrogens is 2. The number of fused-ring (bicyclic) bond motifs is 1. The first-order valence-electron chi connectivity index (χ1n) is 7.11. The third-order valence-corrected chi connectivity index (χ3v) is 4.44. The number of imidazole rings is 1. The van der Waals surface area contributed by atoms with Crippen LogP contribution in [0.5, 0.6) is 0 Å². The van der Waals surface area contributed by atoms with Crippen LogP contribution in [-0.4, -0.2) is 33.6 Å². The molecule has 120 valence electrons. The molecule has 0 spiro atoms. The van der Waals surface area contributed by atoms with Crippen molar-refractivity contribution < 1.29 is 9.90 Å². The van der Waals surface area contributed by atoms with Crippen LogP contribution in [0.25, 0.3) is 11.0 Å². The molecule has 0 aliphatic carbocycles. The zero-order chi connectivity index (χ0) is 16.2. The van der Waals surface area contributed by atoms with Gasteiger partial charge in [-0.2, -0.15) is 0 Å². The first kappa shape index (κ1) is 17.0. The number of aliphatic hydroxyl groups is 1. The van der Waals surface area contributed by atoms with Gasteiger partial charge in [-0.3, -0.25) is 9.20 Å². The molecule has 0 unspecified atom stereocenters. The smallest absolute Gasteiger partial charge is 0.244 e. The summed E-state index contributed by atoms with van der Waals surface area (Å²) in [6, 6.07) is 0. The highest BCUT2D eigenvalue weighted by atomic mass is 35.5. The largest absolute Gasteiger partial charge is 0.396 e. The van der Waals surface area contributed by atoms with E-state index in [0.717, 1.165) is 17.8 Å². The van der Waals surface area contributed by atoms with Gasteiger partial charge in [0.2, 0.25) is 5.91 Å². The zero-order valence-corrected chi connectivity index (χ0v) is 14.2. The molecular formula is C15H20ClN3O2S. The van der Waals surface area contributed by atoms with Crippen molar-refractivity contribution in [3.8, 4) is 0 Å². The lowest BCUT2D eigenvalue weighted by atomic mass is 9.89. The molecule has 22 heavy (non-hydrogen) atoms. The van der Waals surface area contributed by atoms with E-state index in [9.17, 15) is 4.79 Å². The summed E-state index contributed by atoms with van der Waals surface area (Å²) in [5, 5.41) is 14.3. The Labute approximate surface area is 138 Å². The molecule has 2 aromatic rings. The average Bonchev–Trinajstić information content (AvgIpc) is 3.02. The minimum Gasteiger partial charge on any atom is -0.396 e. The number of carbonyl (C=O) groups excluding carboxylic acids is 1. The molecule has 0 bridgehead atoms. The normalized spacial score (nSPS) is 12.4. The summed E-state index contributed by atoms with van der Waals surface area (Å²) in [6.07, 6.45) is 6.69. The van der Waals surface area contributed by atoms with Gasteiger partial charge in [0.15, 0.2) is 10.1 Å². The van der Waals surface area contributed by atoms with Crippen LogP contribution in [-0.2, 0) is 4.79 Å². The second kappa shape index (κ2) is 7.26. The number of carbonyl (C=O) groups is 1. The molecular weight excluding hydrogens is 322 g/mol. The minimum atomic E-state index is -0.164. The van der Waals surface area contributed by atoms with Crippen molar-refractivity contribution in [2.75, 3.05) is 13.2 Å². The van der Waals surface area contributed by atoms with Gasteiger partial charge in [-0.15, -0.1) is 11.3 Å². The molecule has 2 N–H and O–H groups in total.